The molecule has 0 radical (unpaired) electrons. The van der Waals surface area contributed by atoms with Crippen LogP contribution in [-0.4, -0.2) is 24.4 Å². The van der Waals surface area contributed by atoms with Crippen LogP contribution in [0.15, 0.2) is 54.6 Å². The molecule has 0 spiro atoms. The Balaban J connectivity index is 1.72. The third kappa shape index (κ3) is 3.63. The van der Waals surface area contributed by atoms with Crippen molar-refractivity contribution in [2.24, 2.45) is 0 Å². The first-order chi connectivity index (χ1) is 11.6. The topological polar surface area (TPSA) is 61.4 Å². The van der Waals surface area contributed by atoms with Gasteiger partial charge in [-0.2, -0.15) is 0 Å². The van der Waals surface area contributed by atoms with Gasteiger partial charge >= 0.3 is 0 Å². The second-order valence-electron chi connectivity index (χ2n) is 5.97. The molecule has 5 nitrogen and oxygen atoms in total. The highest BCUT2D eigenvalue weighted by Crippen LogP contribution is 2.31. The number of para-hydroxylation sites is 2. The van der Waals surface area contributed by atoms with E-state index in [-0.39, 0.29) is 24.4 Å². The molecule has 1 heterocycles. The van der Waals surface area contributed by atoms with Crippen LogP contribution in [0.2, 0.25) is 0 Å². The van der Waals surface area contributed by atoms with Gasteiger partial charge in [-0.3, -0.25) is 9.59 Å². The molecular weight excluding hydrogens is 302 g/mol. The van der Waals surface area contributed by atoms with Crippen molar-refractivity contribution < 1.29 is 9.59 Å². The second kappa shape index (κ2) is 7.27. The number of benzene rings is 2. The zero-order chi connectivity index (χ0) is 16.9. The van der Waals surface area contributed by atoms with Crippen molar-refractivity contribution in [1.82, 2.24) is 5.32 Å². The highest BCUT2D eigenvalue weighted by molar-refractivity contribution is 6.04. The predicted octanol–water partition coefficient (Wildman–Crippen LogP) is 2.54. The molecule has 2 aromatic rings. The van der Waals surface area contributed by atoms with Gasteiger partial charge in [0, 0.05) is 19.0 Å². The van der Waals surface area contributed by atoms with E-state index in [1.807, 2.05) is 61.5 Å². The zero-order valence-electron chi connectivity index (χ0n) is 13.7. The second-order valence-corrected chi connectivity index (χ2v) is 5.97. The van der Waals surface area contributed by atoms with Gasteiger partial charge in [0.05, 0.1) is 17.9 Å². The van der Waals surface area contributed by atoms with Crippen LogP contribution in [0.5, 0.6) is 0 Å². The standard InChI is InChI=1S/C19H21N3O2/c1-14-11-18(23)21-16-9-5-6-10-17(16)22(14)19(24)13-20-12-15-7-3-2-4-8-15/h2-10,14,20H,11-13H2,1H3,(H,21,23)/t14-/m1/s1. The first-order valence-electron chi connectivity index (χ1n) is 8.11. The Morgan fingerprint density at radius 2 is 1.88 bits per heavy atom. The van der Waals surface area contributed by atoms with Gasteiger partial charge in [-0.1, -0.05) is 42.5 Å². The number of anilines is 2. The van der Waals surface area contributed by atoms with Crippen molar-refractivity contribution in [1.29, 1.82) is 0 Å². The number of carbonyl (C=O) groups is 2. The van der Waals surface area contributed by atoms with Crippen molar-refractivity contribution in [3.8, 4) is 0 Å². The van der Waals surface area contributed by atoms with Crippen LogP contribution in [0.4, 0.5) is 11.4 Å². The molecule has 0 aromatic heterocycles. The number of rotatable bonds is 4. The average Bonchev–Trinajstić information content (AvgIpc) is 2.70. The van der Waals surface area contributed by atoms with Crippen LogP contribution in [0.25, 0.3) is 0 Å². The Kier molecular flexibility index (Phi) is 4.91. The number of amides is 2. The summed E-state index contributed by atoms with van der Waals surface area (Å²) in [5.41, 5.74) is 2.57. The summed E-state index contributed by atoms with van der Waals surface area (Å²) >= 11 is 0. The largest absolute Gasteiger partial charge is 0.324 e. The van der Waals surface area contributed by atoms with E-state index in [0.717, 1.165) is 11.3 Å². The maximum Gasteiger partial charge on any atom is 0.241 e. The lowest BCUT2D eigenvalue weighted by molar-refractivity contribution is -0.118. The summed E-state index contributed by atoms with van der Waals surface area (Å²) in [6.45, 7) is 2.76. The molecule has 24 heavy (non-hydrogen) atoms. The number of hydrogen-bond acceptors (Lipinski definition) is 3. The first kappa shape index (κ1) is 16.2. The number of hydrogen-bond donors (Lipinski definition) is 2. The molecule has 1 aliphatic heterocycles. The molecular formula is C19H21N3O2. The highest BCUT2D eigenvalue weighted by Gasteiger charge is 2.29. The fraction of sp³-hybridized carbons (Fsp3) is 0.263. The molecule has 3 rings (SSSR count). The van der Waals surface area contributed by atoms with Gasteiger partial charge in [-0.15, -0.1) is 0 Å². The predicted molar refractivity (Wildman–Crippen MR) is 94.8 cm³/mol. The van der Waals surface area contributed by atoms with E-state index >= 15 is 0 Å². The van der Waals surface area contributed by atoms with Crippen molar-refractivity contribution in [2.45, 2.75) is 25.9 Å². The third-order valence-electron chi connectivity index (χ3n) is 4.08. The van der Waals surface area contributed by atoms with Gasteiger partial charge in [0.2, 0.25) is 11.8 Å². The van der Waals surface area contributed by atoms with Gasteiger partial charge in [0.1, 0.15) is 0 Å². The number of fused-ring (bicyclic) bond motifs is 1. The molecule has 0 bridgehead atoms. The van der Waals surface area contributed by atoms with Crippen molar-refractivity contribution in [3.05, 3.63) is 60.2 Å². The van der Waals surface area contributed by atoms with Gasteiger partial charge in [-0.05, 0) is 24.6 Å². The van der Waals surface area contributed by atoms with Crippen LogP contribution in [0, 0.1) is 0 Å². The van der Waals surface area contributed by atoms with E-state index in [1.165, 1.54) is 0 Å². The number of carbonyl (C=O) groups excluding carboxylic acids is 2. The smallest absolute Gasteiger partial charge is 0.241 e. The molecule has 1 aliphatic rings. The highest BCUT2D eigenvalue weighted by atomic mass is 16.2. The van der Waals surface area contributed by atoms with E-state index < -0.39 is 0 Å². The minimum Gasteiger partial charge on any atom is -0.324 e. The van der Waals surface area contributed by atoms with Crippen molar-refractivity contribution >= 4 is 23.2 Å². The Labute approximate surface area is 141 Å². The molecule has 2 amide bonds. The maximum absolute atomic E-state index is 12.7. The molecule has 0 unspecified atom stereocenters. The Morgan fingerprint density at radius 3 is 2.67 bits per heavy atom. The fourth-order valence-corrected chi connectivity index (χ4v) is 2.96. The van der Waals surface area contributed by atoms with E-state index in [2.05, 4.69) is 10.6 Å². The molecule has 5 heteroatoms. The summed E-state index contributed by atoms with van der Waals surface area (Å²) in [6, 6.07) is 17.2. The van der Waals surface area contributed by atoms with Crippen molar-refractivity contribution in [3.63, 3.8) is 0 Å². The molecule has 2 aromatic carbocycles. The minimum absolute atomic E-state index is 0.0395. The van der Waals surface area contributed by atoms with E-state index in [9.17, 15) is 9.59 Å². The summed E-state index contributed by atoms with van der Waals surface area (Å²) in [5.74, 6) is -0.107. The summed E-state index contributed by atoms with van der Waals surface area (Å²) in [7, 11) is 0. The van der Waals surface area contributed by atoms with Crippen LogP contribution < -0.4 is 15.5 Å². The van der Waals surface area contributed by atoms with Crippen LogP contribution in [0.1, 0.15) is 18.9 Å². The SMILES string of the molecule is C[C@@H]1CC(=O)Nc2ccccc2N1C(=O)CNCc1ccccc1. The Hall–Kier alpha value is -2.66. The van der Waals surface area contributed by atoms with Crippen molar-refractivity contribution in [2.75, 3.05) is 16.8 Å². The Morgan fingerprint density at radius 1 is 1.17 bits per heavy atom. The molecule has 0 saturated heterocycles. The maximum atomic E-state index is 12.7. The summed E-state index contributed by atoms with van der Waals surface area (Å²) in [4.78, 5) is 26.4. The summed E-state index contributed by atoms with van der Waals surface area (Å²) in [6.07, 6.45) is 0.291. The number of nitrogens with one attached hydrogen (secondary N) is 2. The fourth-order valence-electron chi connectivity index (χ4n) is 2.96. The molecule has 1 atom stereocenters. The molecule has 0 fully saturated rings. The summed E-state index contributed by atoms with van der Waals surface area (Å²) < 4.78 is 0. The lowest BCUT2D eigenvalue weighted by Gasteiger charge is -2.28. The van der Waals surface area contributed by atoms with Crippen LogP contribution in [0.3, 0.4) is 0 Å². The average molecular weight is 323 g/mol. The van der Waals surface area contributed by atoms with Gasteiger partial charge in [0.15, 0.2) is 0 Å². The molecule has 124 valence electrons. The lowest BCUT2D eigenvalue weighted by atomic mass is 10.1. The third-order valence-corrected chi connectivity index (χ3v) is 4.08. The summed E-state index contributed by atoms with van der Waals surface area (Å²) in [5, 5.41) is 6.05. The molecule has 0 aliphatic carbocycles. The quantitative estimate of drug-likeness (QED) is 0.909. The zero-order valence-corrected chi connectivity index (χ0v) is 13.7. The molecule has 2 N–H and O–H groups in total. The van der Waals surface area contributed by atoms with Gasteiger partial charge in [-0.25, -0.2) is 0 Å². The van der Waals surface area contributed by atoms with Crippen LogP contribution >= 0.6 is 0 Å². The number of nitrogens with zero attached hydrogens (tertiary/aromatic N) is 1. The van der Waals surface area contributed by atoms with E-state index in [1.54, 1.807) is 4.90 Å². The van der Waals surface area contributed by atoms with Crippen LogP contribution in [-0.2, 0) is 16.1 Å². The first-order valence-corrected chi connectivity index (χ1v) is 8.11. The van der Waals surface area contributed by atoms with E-state index in [4.69, 9.17) is 0 Å². The lowest BCUT2D eigenvalue weighted by Crippen LogP contribution is -2.43. The van der Waals surface area contributed by atoms with Gasteiger partial charge < -0.3 is 15.5 Å². The van der Waals surface area contributed by atoms with E-state index in [0.29, 0.717) is 18.7 Å². The van der Waals surface area contributed by atoms with Gasteiger partial charge in [0.25, 0.3) is 0 Å². The monoisotopic (exact) mass is 323 g/mol. The minimum atomic E-state index is -0.181. The molecule has 0 saturated carbocycles. The normalized spacial score (nSPS) is 17.0. The Bertz CT molecular complexity index is 730.